The molecular formula is C29H38F2N6O2. The number of likely N-dealkylation sites (tertiary alicyclic amines) is 2. The van der Waals surface area contributed by atoms with E-state index in [1.54, 1.807) is 0 Å². The van der Waals surface area contributed by atoms with E-state index in [9.17, 15) is 13.9 Å². The Hall–Kier alpha value is -3.08. The number of nitrogens with zero attached hydrogens (tertiary/aromatic N) is 5. The molecule has 0 bridgehead atoms. The van der Waals surface area contributed by atoms with Crippen LogP contribution >= 0.6 is 0 Å². The minimum absolute atomic E-state index is 0.0129. The lowest BCUT2D eigenvalue weighted by Crippen LogP contribution is -2.48. The maximum Gasteiger partial charge on any atom is 0.142 e. The van der Waals surface area contributed by atoms with Crippen LogP contribution in [0.2, 0.25) is 0 Å². The van der Waals surface area contributed by atoms with Gasteiger partial charge in [-0.2, -0.15) is 5.10 Å². The number of hydrogen-bond acceptors (Lipinski definition) is 7. The summed E-state index contributed by atoms with van der Waals surface area (Å²) in [6, 6.07) is 11.7. The first-order valence-corrected chi connectivity index (χ1v) is 13.8. The average molecular weight is 541 g/mol. The van der Waals surface area contributed by atoms with E-state index in [0.717, 1.165) is 62.4 Å². The molecule has 0 spiro atoms. The van der Waals surface area contributed by atoms with Crippen LogP contribution in [0, 0.1) is 17.6 Å². The van der Waals surface area contributed by atoms with Crippen molar-refractivity contribution in [2.24, 2.45) is 5.92 Å². The molecule has 2 aliphatic heterocycles. The van der Waals surface area contributed by atoms with Gasteiger partial charge in [0, 0.05) is 56.1 Å². The normalized spacial score (nSPS) is 19.6. The second-order valence-electron chi connectivity index (χ2n) is 11.0. The largest absolute Gasteiger partial charge is 0.478 e. The molecule has 5 rings (SSSR count). The molecule has 0 aliphatic carbocycles. The first-order chi connectivity index (χ1) is 18.9. The first-order valence-electron chi connectivity index (χ1n) is 13.8. The van der Waals surface area contributed by atoms with Gasteiger partial charge in [-0.3, -0.25) is 9.80 Å². The Morgan fingerprint density at radius 3 is 2.36 bits per heavy atom. The number of halogens is 2. The van der Waals surface area contributed by atoms with Gasteiger partial charge < -0.3 is 15.2 Å². The van der Waals surface area contributed by atoms with E-state index in [-0.39, 0.29) is 24.7 Å². The van der Waals surface area contributed by atoms with Gasteiger partial charge in [0.05, 0.1) is 6.54 Å². The van der Waals surface area contributed by atoms with Gasteiger partial charge in [-0.1, -0.05) is 13.0 Å². The molecule has 2 N–H and O–H groups in total. The molecule has 1 aromatic heterocycles. The third-order valence-corrected chi connectivity index (χ3v) is 7.91. The van der Waals surface area contributed by atoms with Crippen molar-refractivity contribution in [2.45, 2.75) is 50.8 Å². The topological polar surface area (TPSA) is 78.7 Å². The maximum atomic E-state index is 14.7. The summed E-state index contributed by atoms with van der Waals surface area (Å²) >= 11 is 0. The average Bonchev–Trinajstić information content (AvgIpc) is 3.43. The highest BCUT2D eigenvalue weighted by molar-refractivity contribution is 5.47. The Labute approximate surface area is 228 Å². The summed E-state index contributed by atoms with van der Waals surface area (Å²) in [6.45, 7) is 6.80. The number of nitrogens with one attached hydrogen (secondary N) is 1. The third-order valence-electron chi connectivity index (χ3n) is 7.91. The highest BCUT2D eigenvalue weighted by Crippen LogP contribution is 2.29. The van der Waals surface area contributed by atoms with Gasteiger partial charge in [-0.25, -0.2) is 18.4 Å². The number of aromatic nitrogens is 3. The summed E-state index contributed by atoms with van der Waals surface area (Å²) in [4.78, 5) is 8.41. The summed E-state index contributed by atoms with van der Waals surface area (Å²) in [6.07, 6.45) is 7.05. The van der Waals surface area contributed by atoms with Crippen molar-refractivity contribution < 1.29 is 18.6 Å². The first kappa shape index (κ1) is 27.5. The van der Waals surface area contributed by atoms with Gasteiger partial charge in [0.15, 0.2) is 0 Å². The van der Waals surface area contributed by atoms with Gasteiger partial charge >= 0.3 is 0 Å². The number of hydrogen-bond donors (Lipinski definition) is 2. The Morgan fingerprint density at radius 1 is 0.974 bits per heavy atom. The number of anilines is 1. The van der Waals surface area contributed by atoms with Crippen molar-refractivity contribution >= 4 is 5.69 Å². The van der Waals surface area contributed by atoms with Gasteiger partial charge in [-0.15, -0.1) is 0 Å². The highest BCUT2D eigenvalue weighted by atomic mass is 19.1. The van der Waals surface area contributed by atoms with Crippen LogP contribution in [0.15, 0.2) is 55.1 Å². The molecule has 3 aromatic rings. The van der Waals surface area contributed by atoms with Crippen LogP contribution in [0.4, 0.5) is 14.5 Å². The molecule has 39 heavy (non-hydrogen) atoms. The minimum atomic E-state index is -1.59. The number of β-amino-alcohol motifs (C(OH)–C–C–N with tert-alkyl or cyclic N) is 1. The van der Waals surface area contributed by atoms with E-state index in [1.165, 1.54) is 42.3 Å². The predicted molar refractivity (Wildman–Crippen MR) is 145 cm³/mol. The minimum Gasteiger partial charge on any atom is -0.478 e. The number of piperidine rings is 2. The Bertz CT molecular complexity index is 1180. The van der Waals surface area contributed by atoms with Crippen molar-refractivity contribution in [3.63, 3.8) is 0 Å². The van der Waals surface area contributed by atoms with Gasteiger partial charge in [0.25, 0.3) is 0 Å². The molecule has 8 nitrogen and oxygen atoms in total. The van der Waals surface area contributed by atoms with E-state index in [1.807, 2.05) is 24.3 Å². The second-order valence-corrected chi connectivity index (χ2v) is 11.0. The number of ether oxygens (including phenoxy) is 1. The van der Waals surface area contributed by atoms with Crippen molar-refractivity contribution in [1.29, 1.82) is 0 Å². The maximum absolute atomic E-state index is 14.7. The molecule has 1 unspecified atom stereocenters. The summed E-state index contributed by atoms with van der Waals surface area (Å²) in [5.41, 5.74) is -0.492. The molecule has 0 amide bonds. The standard InChI is InChI=1S/C29H38F2N6O2/c1-22-8-12-36(13-9-22)21-39-26-5-3-24(4-6-26)34-25-10-14-35(15-11-25)17-29(38,18-37-20-32-19-33-37)27-7-2-23(30)16-28(27)31/h2-7,16,19-20,22,25,34,38H,8-15,17-18,21H2,1H3. The molecule has 0 radical (unpaired) electrons. The molecule has 2 saturated heterocycles. The van der Waals surface area contributed by atoms with Crippen LogP contribution < -0.4 is 10.1 Å². The van der Waals surface area contributed by atoms with Crippen molar-refractivity contribution in [2.75, 3.05) is 44.8 Å². The Kier molecular flexibility index (Phi) is 8.74. The summed E-state index contributed by atoms with van der Waals surface area (Å²) in [7, 11) is 0. The molecular weight excluding hydrogens is 502 g/mol. The zero-order valence-corrected chi connectivity index (χ0v) is 22.5. The molecule has 2 fully saturated rings. The summed E-state index contributed by atoms with van der Waals surface area (Å²) in [5, 5.41) is 19.3. The fraction of sp³-hybridized carbons (Fsp3) is 0.517. The molecule has 1 atom stereocenters. The van der Waals surface area contributed by atoms with Crippen molar-refractivity contribution in [3.8, 4) is 5.75 Å². The van der Waals surface area contributed by atoms with E-state index in [2.05, 4.69) is 32.1 Å². The Balaban J connectivity index is 1.13. The van der Waals surface area contributed by atoms with Crippen LogP contribution in [0.25, 0.3) is 0 Å². The van der Waals surface area contributed by atoms with Crippen LogP contribution in [-0.2, 0) is 12.1 Å². The third kappa shape index (κ3) is 7.32. The van der Waals surface area contributed by atoms with E-state index < -0.39 is 17.2 Å². The SMILES string of the molecule is CC1CCN(COc2ccc(NC3CCN(CC(O)(Cn4cncn4)c4ccc(F)cc4F)CC3)cc2)CC1. The predicted octanol–water partition coefficient (Wildman–Crippen LogP) is 4.09. The van der Waals surface area contributed by atoms with Gasteiger partial charge in [0.1, 0.15) is 42.4 Å². The number of aliphatic hydroxyl groups is 1. The molecule has 0 saturated carbocycles. The van der Waals surface area contributed by atoms with Gasteiger partial charge in [-0.05, 0) is 61.9 Å². The van der Waals surface area contributed by atoms with E-state index in [4.69, 9.17) is 4.74 Å². The zero-order chi connectivity index (χ0) is 27.2. The van der Waals surface area contributed by atoms with E-state index >= 15 is 0 Å². The summed E-state index contributed by atoms with van der Waals surface area (Å²) in [5.74, 6) is 0.227. The molecule has 210 valence electrons. The fourth-order valence-electron chi connectivity index (χ4n) is 5.51. The van der Waals surface area contributed by atoms with Crippen molar-refractivity contribution in [3.05, 3.63) is 72.3 Å². The number of rotatable bonds is 10. The lowest BCUT2D eigenvalue weighted by atomic mass is 9.91. The molecule has 10 heteroatoms. The van der Waals surface area contributed by atoms with Crippen LogP contribution in [0.5, 0.6) is 5.75 Å². The highest BCUT2D eigenvalue weighted by Gasteiger charge is 2.36. The van der Waals surface area contributed by atoms with Crippen LogP contribution in [-0.4, -0.2) is 75.2 Å². The van der Waals surface area contributed by atoms with Crippen molar-refractivity contribution in [1.82, 2.24) is 24.6 Å². The molecule has 2 aliphatic rings. The van der Waals surface area contributed by atoms with Crippen LogP contribution in [0.1, 0.15) is 38.2 Å². The second kappa shape index (κ2) is 12.4. The lowest BCUT2D eigenvalue weighted by Gasteiger charge is -2.38. The van der Waals surface area contributed by atoms with E-state index in [0.29, 0.717) is 6.73 Å². The quantitative estimate of drug-likeness (QED) is 0.401. The summed E-state index contributed by atoms with van der Waals surface area (Å²) < 4.78 is 35.8. The fourth-order valence-corrected chi connectivity index (χ4v) is 5.51. The molecule has 2 aromatic carbocycles. The zero-order valence-electron chi connectivity index (χ0n) is 22.5. The lowest BCUT2D eigenvalue weighted by molar-refractivity contribution is -0.0260. The van der Waals surface area contributed by atoms with Gasteiger partial charge in [0.2, 0.25) is 0 Å². The number of benzene rings is 2. The Morgan fingerprint density at radius 2 is 1.69 bits per heavy atom. The monoisotopic (exact) mass is 540 g/mol. The van der Waals surface area contributed by atoms with Crippen LogP contribution in [0.3, 0.4) is 0 Å². The molecule has 3 heterocycles. The smallest absolute Gasteiger partial charge is 0.142 e.